The van der Waals surface area contributed by atoms with Gasteiger partial charge in [-0.2, -0.15) is 0 Å². The lowest BCUT2D eigenvalue weighted by molar-refractivity contribution is 0.0951. The topological polar surface area (TPSA) is 86.5 Å². The highest BCUT2D eigenvalue weighted by Gasteiger charge is 2.11. The fourth-order valence-electron chi connectivity index (χ4n) is 2.62. The number of rotatable bonds is 7. The summed E-state index contributed by atoms with van der Waals surface area (Å²) >= 11 is 0. The van der Waals surface area contributed by atoms with Crippen LogP contribution in [-0.2, 0) is 6.54 Å². The Labute approximate surface area is 164 Å². The molecule has 3 rings (SSSR count). The van der Waals surface area contributed by atoms with Gasteiger partial charge in [0.25, 0.3) is 5.91 Å². The molecular weight excluding hydrogens is 354 g/mol. The van der Waals surface area contributed by atoms with Crippen LogP contribution in [0, 0.1) is 0 Å². The number of amides is 1. The molecule has 0 aliphatic heterocycles. The number of benzene rings is 2. The number of hydrogen-bond acceptors (Lipinski definition) is 5. The molecule has 2 aromatic carbocycles. The van der Waals surface area contributed by atoms with E-state index in [0.717, 1.165) is 5.56 Å². The number of nitrogen functional groups attached to an aromatic ring is 1. The number of para-hydroxylation sites is 2. The predicted molar refractivity (Wildman–Crippen MR) is 109 cm³/mol. The molecule has 3 N–H and O–H groups in total. The van der Waals surface area contributed by atoms with Gasteiger partial charge < -0.3 is 20.5 Å². The lowest BCUT2D eigenvalue weighted by Gasteiger charge is -2.15. The van der Waals surface area contributed by atoms with E-state index in [9.17, 15) is 4.79 Å². The van der Waals surface area contributed by atoms with Gasteiger partial charge in [-0.25, -0.2) is 4.98 Å². The summed E-state index contributed by atoms with van der Waals surface area (Å²) in [5.74, 6) is 1.92. The van der Waals surface area contributed by atoms with E-state index < -0.39 is 0 Å². The summed E-state index contributed by atoms with van der Waals surface area (Å²) in [5.41, 5.74) is 7.00. The summed E-state index contributed by atoms with van der Waals surface area (Å²) in [6.45, 7) is 4.28. The molecule has 6 heteroatoms. The van der Waals surface area contributed by atoms with Crippen LogP contribution in [-0.4, -0.2) is 17.0 Å². The Bertz CT molecular complexity index is 957. The van der Waals surface area contributed by atoms with E-state index in [4.69, 9.17) is 15.2 Å². The number of pyridine rings is 1. The summed E-state index contributed by atoms with van der Waals surface area (Å²) in [7, 11) is 0. The Kier molecular flexibility index (Phi) is 6.11. The first-order valence-corrected chi connectivity index (χ1v) is 9.04. The molecule has 0 saturated heterocycles. The highest BCUT2D eigenvalue weighted by atomic mass is 16.5. The Morgan fingerprint density at radius 1 is 1.07 bits per heavy atom. The Balaban J connectivity index is 1.68. The largest absolute Gasteiger partial charge is 0.487 e. The second-order valence-electron chi connectivity index (χ2n) is 6.48. The van der Waals surface area contributed by atoms with Crippen LogP contribution < -0.4 is 20.5 Å². The summed E-state index contributed by atoms with van der Waals surface area (Å²) in [4.78, 5) is 16.2. The van der Waals surface area contributed by atoms with Crippen molar-refractivity contribution < 1.29 is 14.3 Å². The lowest BCUT2D eigenvalue weighted by Crippen LogP contribution is -2.24. The third-order valence-corrected chi connectivity index (χ3v) is 3.87. The minimum absolute atomic E-state index is 0.0474. The van der Waals surface area contributed by atoms with E-state index in [2.05, 4.69) is 10.3 Å². The highest BCUT2D eigenvalue weighted by molar-refractivity contribution is 5.98. The molecule has 1 amide bonds. The van der Waals surface area contributed by atoms with Crippen molar-refractivity contribution in [2.75, 3.05) is 5.73 Å². The Morgan fingerprint density at radius 2 is 1.86 bits per heavy atom. The summed E-state index contributed by atoms with van der Waals surface area (Å²) in [5, 5.41) is 2.85. The number of carbonyl (C=O) groups is 1. The van der Waals surface area contributed by atoms with E-state index in [0.29, 0.717) is 29.4 Å². The van der Waals surface area contributed by atoms with Crippen molar-refractivity contribution >= 4 is 11.7 Å². The summed E-state index contributed by atoms with van der Waals surface area (Å²) in [6.07, 6.45) is 1.60. The van der Waals surface area contributed by atoms with Crippen molar-refractivity contribution in [1.29, 1.82) is 0 Å². The zero-order chi connectivity index (χ0) is 19.9. The van der Waals surface area contributed by atoms with Gasteiger partial charge in [0.05, 0.1) is 11.7 Å². The molecule has 3 aromatic rings. The zero-order valence-corrected chi connectivity index (χ0v) is 15.9. The Hall–Kier alpha value is -3.54. The molecule has 0 bridgehead atoms. The maximum Gasteiger partial charge on any atom is 0.255 e. The number of carbonyl (C=O) groups excluding carboxylic acids is 1. The van der Waals surface area contributed by atoms with Gasteiger partial charge in [-0.15, -0.1) is 0 Å². The molecule has 1 aromatic heterocycles. The van der Waals surface area contributed by atoms with Crippen molar-refractivity contribution in [3.05, 3.63) is 78.0 Å². The van der Waals surface area contributed by atoms with E-state index in [-0.39, 0.29) is 17.8 Å². The molecule has 0 atom stereocenters. The normalized spacial score (nSPS) is 10.5. The van der Waals surface area contributed by atoms with Crippen LogP contribution in [0.2, 0.25) is 0 Å². The van der Waals surface area contributed by atoms with E-state index in [1.54, 1.807) is 18.3 Å². The first-order valence-electron chi connectivity index (χ1n) is 9.04. The van der Waals surface area contributed by atoms with Gasteiger partial charge in [0.1, 0.15) is 11.6 Å². The molecule has 0 aliphatic carbocycles. The van der Waals surface area contributed by atoms with Gasteiger partial charge in [-0.3, -0.25) is 4.79 Å². The van der Waals surface area contributed by atoms with Crippen LogP contribution in [0.1, 0.15) is 29.8 Å². The first kappa shape index (κ1) is 19.2. The quantitative estimate of drug-likeness (QED) is 0.645. The number of nitrogens with two attached hydrogens (primary N) is 1. The predicted octanol–water partition coefficient (Wildman–Crippen LogP) is 4.17. The average Bonchev–Trinajstić information content (AvgIpc) is 2.68. The van der Waals surface area contributed by atoms with Gasteiger partial charge in [0.15, 0.2) is 11.5 Å². The minimum Gasteiger partial charge on any atom is -0.487 e. The summed E-state index contributed by atoms with van der Waals surface area (Å²) < 4.78 is 11.8. The van der Waals surface area contributed by atoms with E-state index in [1.807, 2.05) is 62.4 Å². The van der Waals surface area contributed by atoms with Gasteiger partial charge in [0, 0.05) is 12.7 Å². The molecule has 144 valence electrons. The molecule has 0 spiro atoms. The number of ether oxygens (including phenoxy) is 2. The molecule has 0 saturated carbocycles. The molecule has 0 fully saturated rings. The number of anilines is 1. The molecule has 28 heavy (non-hydrogen) atoms. The van der Waals surface area contributed by atoms with Gasteiger partial charge in [-0.05, 0) is 55.8 Å². The zero-order valence-electron chi connectivity index (χ0n) is 15.9. The van der Waals surface area contributed by atoms with Crippen molar-refractivity contribution in [3.63, 3.8) is 0 Å². The monoisotopic (exact) mass is 377 g/mol. The van der Waals surface area contributed by atoms with Gasteiger partial charge in [-0.1, -0.05) is 24.3 Å². The number of aromatic nitrogens is 1. The van der Waals surface area contributed by atoms with Crippen molar-refractivity contribution in [2.24, 2.45) is 0 Å². The fraction of sp³-hybridized carbons (Fsp3) is 0.182. The van der Waals surface area contributed by atoms with Gasteiger partial charge >= 0.3 is 0 Å². The van der Waals surface area contributed by atoms with Crippen molar-refractivity contribution in [3.8, 4) is 17.2 Å². The second-order valence-corrected chi connectivity index (χ2v) is 6.48. The molecule has 0 unspecified atom stereocenters. The van der Waals surface area contributed by atoms with E-state index >= 15 is 0 Å². The molecule has 0 aliphatic rings. The SMILES string of the molecule is CC(C)Oc1ccccc1Oc1cccc(CNC(=O)c2cccnc2N)c1. The molecule has 0 radical (unpaired) electrons. The third kappa shape index (κ3) is 5.01. The van der Waals surface area contributed by atoms with E-state index in [1.165, 1.54) is 0 Å². The number of hydrogen-bond donors (Lipinski definition) is 2. The van der Waals surface area contributed by atoms with Crippen LogP contribution >= 0.6 is 0 Å². The van der Waals surface area contributed by atoms with Crippen molar-refractivity contribution in [1.82, 2.24) is 10.3 Å². The standard InChI is InChI=1S/C22H23N3O3/c1-15(2)27-19-10-3-4-11-20(19)28-17-8-5-7-16(13-17)14-25-22(26)18-9-6-12-24-21(18)23/h3-13,15H,14H2,1-2H3,(H2,23,24)(H,25,26). The second kappa shape index (κ2) is 8.90. The minimum atomic E-state index is -0.271. The summed E-state index contributed by atoms with van der Waals surface area (Å²) in [6, 6.07) is 18.4. The number of nitrogens with zero attached hydrogens (tertiary/aromatic N) is 1. The first-order chi connectivity index (χ1) is 13.5. The average molecular weight is 377 g/mol. The maximum atomic E-state index is 12.3. The number of nitrogens with one attached hydrogen (secondary N) is 1. The van der Waals surface area contributed by atoms with Crippen LogP contribution in [0.15, 0.2) is 66.9 Å². The maximum absolute atomic E-state index is 12.3. The fourth-order valence-corrected chi connectivity index (χ4v) is 2.62. The van der Waals surface area contributed by atoms with Gasteiger partial charge in [0.2, 0.25) is 0 Å². The lowest BCUT2D eigenvalue weighted by atomic mass is 10.2. The van der Waals surface area contributed by atoms with Crippen LogP contribution in [0.5, 0.6) is 17.2 Å². The molecule has 6 nitrogen and oxygen atoms in total. The highest BCUT2D eigenvalue weighted by Crippen LogP contribution is 2.32. The molecular formula is C22H23N3O3. The Morgan fingerprint density at radius 3 is 2.61 bits per heavy atom. The molecule has 1 heterocycles. The van der Waals surface area contributed by atoms with Crippen molar-refractivity contribution in [2.45, 2.75) is 26.5 Å². The van der Waals surface area contributed by atoms with Crippen LogP contribution in [0.25, 0.3) is 0 Å². The third-order valence-electron chi connectivity index (χ3n) is 3.87. The van der Waals surface area contributed by atoms with Crippen LogP contribution in [0.4, 0.5) is 5.82 Å². The van der Waals surface area contributed by atoms with Crippen LogP contribution in [0.3, 0.4) is 0 Å². The smallest absolute Gasteiger partial charge is 0.255 e.